The number of nitrogens with zero attached hydrogens (tertiary/aromatic N) is 4. The summed E-state index contributed by atoms with van der Waals surface area (Å²) in [5.74, 6) is 3.34. The van der Waals surface area contributed by atoms with Crippen LogP contribution in [0.25, 0.3) is 11.4 Å². The van der Waals surface area contributed by atoms with Crippen LogP contribution in [0, 0.1) is 13.8 Å². The Bertz CT molecular complexity index is 954. The highest BCUT2D eigenvalue weighted by atomic mass is 32.2. The smallest absolute Gasteiger partial charge is 0.191 e. The van der Waals surface area contributed by atoms with Crippen LogP contribution in [0.4, 0.5) is 0 Å². The van der Waals surface area contributed by atoms with Crippen LogP contribution in [0.3, 0.4) is 0 Å². The minimum Gasteiger partial charge on any atom is -0.497 e. The molecule has 7 heteroatoms. The maximum Gasteiger partial charge on any atom is 0.191 e. The van der Waals surface area contributed by atoms with Gasteiger partial charge in [-0.05, 0) is 44.5 Å². The van der Waals surface area contributed by atoms with E-state index in [1.165, 1.54) is 0 Å². The summed E-state index contributed by atoms with van der Waals surface area (Å²) in [6.07, 6.45) is 4.05. The summed E-state index contributed by atoms with van der Waals surface area (Å²) in [7, 11) is 3.37. The summed E-state index contributed by atoms with van der Waals surface area (Å²) >= 11 is 1.66. The first-order valence-corrected chi connectivity index (χ1v) is 10.8. The zero-order valence-electron chi connectivity index (χ0n) is 17.7. The Labute approximate surface area is 176 Å². The van der Waals surface area contributed by atoms with Gasteiger partial charge >= 0.3 is 0 Å². The average Bonchev–Trinajstić information content (AvgIpc) is 3.14. The van der Waals surface area contributed by atoms with Crippen LogP contribution in [-0.2, 0) is 12.3 Å². The lowest BCUT2D eigenvalue weighted by atomic mass is 10.1. The second-order valence-electron chi connectivity index (χ2n) is 6.87. The van der Waals surface area contributed by atoms with Crippen LogP contribution < -0.4 is 9.47 Å². The topological polar surface area (TPSA) is 62.1 Å². The predicted octanol–water partition coefficient (Wildman–Crippen LogP) is 5.07. The normalized spacial score (nSPS) is 10.9. The molecule has 0 aliphatic heterocycles. The number of hydrogen-bond acceptors (Lipinski definition) is 6. The molecule has 0 fully saturated rings. The zero-order valence-corrected chi connectivity index (χ0v) is 18.5. The second-order valence-corrected chi connectivity index (χ2v) is 7.82. The fourth-order valence-electron chi connectivity index (χ4n) is 3.22. The molecule has 0 atom stereocenters. The summed E-state index contributed by atoms with van der Waals surface area (Å²) in [5.41, 5.74) is 4.17. The van der Waals surface area contributed by atoms with Crippen LogP contribution in [0.15, 0.2) is 35.6 Å². The van der Waals surface area contributed by atoms with E-state index in [0.29, 0.717) is 0 Å². The van der Waals surface area contributed by atoms with Gasteiger partial charge in [0.05, 0.1) is 19.9 Å². The molecular formula is C22H28N4O2S. The molecule has 6 nitrogen and oxygen atoms in total. The summed E-state index contributed by atoms with van der Waals surface area (Å²) < 4.78 is 13.0. The molecule has 0 aliphatic rings. The van der Waals surface area contributed by atoms with Gasteiger partial charge < -0.3 is 14.0 Å². The van der Waals surface area contributed by atoms with E-state index in [0.717, 1.165) is 70.0 Å². The van der Waals surface area contributed by atoms with Crippen molar-refractivity contribution in [2.24, 2.45) is 0 Å². The molecule has 0 aliphatic carbocycles. The second kappa shape index (κ2) is 9.78. The van der Waals surface area contributed by atoms with E-state index in [9.17, 15) is 0 Å². The minimum atomic E-state index is 0.718. The molecule has 1 aromatic carbocycles. The van der Waals surface area contributed by atoms with Crippen molar-refractivity contribution in [2.75, 3.05) is 14.2 Å². The highest BCUT2D eigenvalue weighted by molar-refractivity contribution is 7.98. The summed E-state index contributed by atoms with van der Waals surface area (Å²) in [5, 5.41) is 9.87. The average molecular weight is 413 g/mol. The Kier molecular flexibility index (Phi) is 7.14. The molecule has 0 radical (unpaired) electrons. The molecule has 154 valence electrons. The van der Waals surface area contributed by atoms with E-state index in [4.69, 9.17) is 9.47 Å². The van der Waals surface area contributed by atoms with Gasteiger partial charge in [-0.3, -0.25) is 4.98 Å². The van der Waals surface area contributed by atoms with Gasteiger partial charge in [-0.1, -0.05) is 25.1 Å². The molecule has 2 heterocycles. The lowest BCUT2D eigenvalue weighted by Gasteiger charge is -2.13. The molecule has 29 heavy (non-hydrogen) atoms. The molecule has 0 saturated heterocycles. The highest BCUT2D eigenvalue weighted by Gasteiger charge is 2.16. The Morgan fingerprint density at radius 2 is 1.79 bits per heavy atom. The summed E-state index contributed by atoms with van der Waals surface area (Å²) in [6.45, 7) is 7.14. The maximum absolute atomic E-state index is 5.53. The van der Waals surface area contributed by atoms with Crippen LogP contribution in [0.1, 0.15) is 36.6 Å². The van der Waals surface area contributed by atoms with Crippen LogP contribution >= 0.6 is 11.8 Å². The third-order valence-corrected chi connectivity index (χ3v) is 5.87. The van der Waals surface area contributed by atoms with Crippen molar-refractivity contribution in [1.29, 1.82) is 0 Å². The number of benzene rings is 1. The van der Waals surface area contributed by atoms with Gasteiger partial charge in [0.1, 0.15) is 11.5 Å². The van der Waals surface area contributed by atoms with Gasteiger partial charge in [0, 0.05) is 35.2 Å². The number of hydrogen-bond donors (Lipinski definition) is 0. The molecule has 0 saturated carbocycles. The van der Waals surface area contributed by atoms with E-state index < -0.39 is 0 Å². The number of aromatic nitrogens is 4. The van der Waals surface area contributed by atoms with E-state index in [1.807, 2.05) is 37.4 Å². The van der Waals surface area contributed by atoms with Gasteiger partial charge in [0.15, 0.2) is 11.0 Å². The summed E-state index contributed by atoms with van der Waals surface area (Å²) in [4.78, 5) is 4.61. The fourth-order valence-corrected chi connectivity index (χ4v) is 4.21. The number of unbranched alkanes of at least 4 members (excludes halogenated alkanes) is 1. The van der Waals surface area contributed by atoms with E-state index in [-0.39, 0.29) is 0 Å². The van der Waals surface area contributed by atoms with Gasteiger partial charge in [0.2, 0.25) is 0 Å². The molecule has 2 aromatic heterocycles. The Balaban J connectivity index is 1.86. The molecule has 0 unspecified atom stereocenters. The van der Waals surface area contributed by atoms with Crippen molar-refractivity contribution in [3.8, 4) is 22.9 Å². The van der Waals surface area contributed by atoms with Crippen molar-refractivity contribution in [1.82, 2.24) is 19.7 Å². The summed E-state index contributed by atoms with van der Waals surface area (Å²) in [6, 6.07) is 7.95. The third-order valence-electron chi connectivity index (χ3n) is 4.89. The van der Waals surface area contributed by atoms with Gasteiger partial charge in [-0.2, -0.15) is 0 Å². The lowest BCUT2D eigenvalue weighted by Crippen LogP contribution is -2.03. The van der Waals surface area contributed by atoms with E-state index in [2.05, 4.69) is 33.6 Å². The van der Waals surface area contributed by atoms with Crippen molar-refractivity contribution < 1.29 is 9.47 Å². The van der Waals surface area contributed by atoms with Gasteiger partial charge in [-0.15, -0.1) is 10.2 Å². The SMILES string of the molecule is CCCCn1c(SCc2ncc(C)c(OC)c2C)nnc1-c1ccc(OC)cc1. The Hall–Kier alpha value is -2.54. The lowest BCUT2D eigenvalue weighted by molar-refractivity contribution is 0.407. The minimum absolute atomic E-state index is 0.718. The molecule has 3 aromatic rings. The van der Waals surface area contributed by atoms with Crippen molar-refractivity contribution >= 4 is 11.8 Å². The molecule has 0 amide bonds. The number of aryl methyl sites for hydroxylation is 1. The maximum atomic E-state index is 5.53. The van der Waals surface area contributed by atoms with Crippen LogP contribution in [0.2, 0.25) is 0 Å². The highest BCUT2D eigenvalue weighted by Crippen LogP contribution is 2.31. The number of ether oxygens (including phenoxy) is 2. The van der Waals surface area contributed by atoms with Crippen LogP contribution in [-0.4, -0.2) is 34.0 Å². The first-order chi connectivity index (χ1) is 14.1. The van der Waals surface area contributed by atoms with Crippen LogP contribution in [0.5, 0.6) is 11.5 Å². The van der Waals surface area contributed by atoms with Gasteiger partial charge in [-0.25, -0.2) is 0 Å². The fraction of sp³-hybridized carbons (Fsp3) is 0.409. The van der Waals surface area contributed by atoms with Crippen molar-refractivity contribution in [3.63, 3.8) is 0 Å². The first-order valence-electron chi connectivity index (χ1n) is 9.78. The van der Waals surface area contributed by atoms with E-state index >= 15 is 0 Å². The third kappa shape index (κ3) is 4.72. The number of methoxy groups -OCH3 is 2. The molecule has 3 rings (SSSR count). The van der Waals surface area contributed by atoms with Gasteiger partial charge in [0.25, 0.3) is 0 Å². The van der Waals surface area contributed by atoms with Crippen molar-refractivity contribution in [3.05, 3.63) is 47.3 Å². The Morgan fingerprint density at radius 3 is 2.45 bits per heavy atom. The molecule has 0 bridgehead atoms. The monoisotopic (exact) mass is 412 g/mol. The first kappa shape index (κ1) is 21.2. The predicted molar refractivity (Wildman–Crippen MR) is 117 cm³/mol. The number of thioether (sulfide) groups is 1. The molecular weight excluding hydrogens is 384 g/mol. The largest absolute Gasteiger partial charge is 0.497 e. The zero-order chi connectivity index (χ0) is 20.8. The van der Waals surface area contributed by atoms with Crippen molar-refractivity contribution in [2.45, 2.75) is 51.1 Å². The Morgan fingerprint density at radius 1 is 1.03 bits per heavy atom. The van der Waals surface area contributed by atoms with E-state index in [1.54, 1.807) is 26.0 Å². The molecule has 0 N–H and O–H groups in total. The number of pyridine rings is 1. The molecule has 0 spiro atoms. The quantitative estimate of drug-likeness (QED) is 0.458. The number of rotatable bonds is 9. The standard InChI is InChI=1S/C22H28N4O2S/c1-6-7-12-26-21(17-8-10-18(27-4)11-9-17)24-25-22(26)29-14-19-16(3)20(28-5)15(2)13-23-19/h8-11,13H,6-7,12,14H2,1-5H3.